The van der Waals surface area contributed by atoms with E-state index in [-0.39, 0.29) is 0 Å². The lowest BCUT2D eigenvalue weighted by Crippen LogP contribution is -2.16. The molecule has 3 nitrogen and oxygen atoms in total. The SMILES string of the molecule is CC(C)CCCC(C)Nc1c(N)cnc2ccccc12. The van der Waals surface area contributed by atoms with Gasteiger partial charge in [-0.2, -0.15) is 0 Å². The van der Waals surface area contributed by atoms with Gasteiger partial charge in [0.2, 0.25) is 0 Å². The first-order chi connectivity index (χ1) is 9.58. The molecule has 0 saturated heterocycles. The Morgan fingerprint density at radius 2 is 1.90 bits per heavy atom. The van der Waals surface area contributed by atoms with E-state index in [1.807, 2.05) is 18.2 Å². The number of fused-ring (bicyclic) bond motifs is 1. The summed E-state index contributed by atoms with van der Waals surface area (Å²) in [7, 11) is 0. The molecule has 1 unspecified atom stereocenters. The highest BCUT2D eigenvalue weighted by Crippen LogP contribution is 2.28. The summed E-state index contributed by atoms with van der Waals surface area (Å²) in [6.07, 6.45) is 5.42. The largest absolute Gasteiger partial charge is 0.396 e. The van der Waals surface area contributed by atoms with E-state index in [4.69, 9.17) is 5.73 Å². The molecule has 1 heterocycles. The lowest BCUT2D eigenvalue weighted by molar-refractivity contribution is 0.520. The van der Waals surface area contributed by atoms with Crippen molar-refractivity contribution in [1.29, 1.82) is 0 Å². The molecule has 0 fully saturated rings. The second-order valence-corrected chi connectivity index (χ2v) is 5.98. The van der Waals surface area contributed by atoms with E-state index in [0.29, 0.717) is 6.04 Å². The van der Waals surface area contributed by atoms with Gasteiger partial charge in [0.15, 0.2) is 0 Å². The average molecular weight is 271 g/mol. The summed E-state index contributed by atoms with van der Waals surface area (Å²) in [6, 6.07) is 8.53. The maximum Gasteiger partial charge on any atom is 0.0743 e. The van der Waals surface area contributed by atoms with Crippen molar-refractivity contribution in [2.24, 2.45) is 5.92 Å². The van der Waals surface area contributed by atoms with Crippen LogP contribution in [-0.2, 0) is 0 Å². The van der Waals surface area contributed by atoms with E-state index in [9.17, 15) is 0 Å². The number of nitrogens with zero attached hydrogens (tertiary/aromatic N) is 1. The van der Waals surface area contributed by atoms with Gasteiger partial charge in [0, 0.05) is 11.4 Å². The van der Waals surface area contributed by atoms with Crippen LogP contribution in [0.3, 0.4) is 0 Å². The van der Waals surface area contributed by atoms with Crippen molar-refractivity contribution in [3.8, 4) is 0 Å². The molecule has 1 aromatic carbocycles. The molecule has 0 aliphatic heterocycles. The van der Waals surface area contributed by atoms with Crippen LogP contribution in [0.2, 0.25) is 0 Å². The summed E-state index contributed by atoms with van der Waals surface area (Å²) in [6.45, 7) is 6.76. The van der Waals surface area contributed by atoms with Gasteiger partial charge in [-0.3, -0.25) is 4.98 Å². The first kappa shape index (κ1) is 14.6. The Morgan fingerprint density at radius 1 is 1.15 bits per heavy atom. The molecule has 0 saturated carbocycles. The minimum absolute atomic E-state index is 0.418. The van der Waals surface area contributed by atoms with Gasteiger partial charge >= 0.3 is 0 Å². The number of anilines is 2. The van der Waals surface area contributed by atoms with Crippen molar-refractivity contribution < 1.29 is 0 Å². The molecule has 0 spiro atoms. The summed E-state index contributed by atoms with van der Waals surface area (Å²) in [5.74, 6) is 0.772. The zero-order chi connectivity index (χ0) is 14.5. The molecule has 0 radical (unpaired) electrons. The Morgan fingerprint density at radius 3 is 2.65 bits per heavy atom. The van der Waals surface area contributed by atoms with Gasteiger partial charge in [-0.25, -0.2) is 0 Å². The standard InChI is InChI=1S/C17H25N3/c1-12(2)7-6-8-13(3)20-17-14-9-4-5-10-16(14)19-11-15(17)18/h4-5,9-13H,6-8,18H2,1-3H3,(H,19,20). The van der Waals surface area contributed by atoms with Crippen LogP contribution in [0.4, 0.5) is 11.4 Å². The molecule has 2 rings (SSSR count). The topological polar surface area (TPSA) is 50.9 Å². The molecule has 0 bridgehead atoms. The van der Waals surface area contributed by atoms with Crippen LogP contribution in [0.5, 0.6) is 0 Å². The fourth-order valence-electron chi connectivity index (χ4n) is 2.47. The number of nitrogens with two attached hydrogens (primary N) is 1. The van der Waals surface area contributed by atoms with Gasteiger partial charge in [0.25, 0.3) is 0 Å². The number of para-hydroxylation sites is 1. The number of rotatable bonds is 6. The number of nitrogens with one attached hydrogen (secondary N) is 1. The van der Waals surface area contributed by atoms with Gasteiger partial charge in [0.05, 0.1) is 23.1 Å². The molecule has 108 valence electrons. The molecule has 1 atom stereocenters. The third kappa shape index (κ3) is 3.62. The Kier molecular flexibility index (Phi) is 4.83. The molecule has 3 N–H and O–H groups in total. The number of aromatic nitrogens is 1. The maximum absolute atomic E-state index is 6.09. The Hall–Kier alpha value is -1.77. The van der Waals surface area contributed by atoms with Crippen LogP contribution in [0.1, 0.15) is 40.0 Å². The highest BCUT2D eigenvalue weighted by molar-refractivity contribution is 5.96. The summed E-state index contributed by atoms with van der Waals surface area (Å²) >= 11 is 0. The Balaban J connectivity index is 2.10. The zero-order valence-corrected chi connectivity index (χ0v) is 12.7. The van der Waals surface area contributed by atoms with E-state index in [1.165, 1.54) is 12.8 Å². The van der Waals surface area contributed by atoms with Crippen molar-refractivity contribution in [3.05, 3.63) is 30.5 Å². The molecule has 0 amide bonds. The first-order valence-corrected chi connectivity index (χ1v) is 7.47. The molecule has 1 aromatic heterocycles. The summed E-state index contributed by atoms with van der Waals surface area (Å²) in [5, 5.41) is 4.66. The van der Waals surface area contributed by atoms with E-state index in [0.717, 1.165) is 34.6 Å². The Bertz CT molecular complexity index is 563. The van der Waals surface area contributed by atoms with Crippen LogP contribution in [0.15, 0.2) is 30.5 Å². The van der Waals surface area contributed by atoms with Crippen molar-refractivity contribution >= 4 is 22.3 Å². The van der Waals surface area contributed by atoms with Crippen LogP contribution >= 0.6 is 0 Å². The number of hydrogen-bond acceptors (Lipinski definition) is 3. The molecule has 0 aliphatic rings. The predicted octanol–water partition coefficient (Wildman–Crippen LogP) is 4.44. The fraction of sp³-hybridized carbons (Fsp3) is 0.471. The number of benzene rings is 1. The van der Waals surface area contributed by atoms with Crippen LogP contribution in [-0.4, -0.2) is 11.0 Å². The minimum atomic E-state index is 0.418. The molecular weight excluding hydrogens is 246 g/mol. The second kappa shape index (κ2) is 6.60. The van der Waals surface area contributed by atoms with Gasteiger partial charge in [-0.05, 0) is 25.3 Å². The lowest BCUT2D eigenvalue weighted by atomic mass is 10.0. The number of hydrogen-bond donors (Lipinski definition) is 2. The van der Waals surface area contributed by atoms with Crippen molar-refractivity contribution in [2.45, 2.75) is 46.1 Å². The third-order valence-corrected chi connectivity index (χ3v) is 3.61. The van der Waals surface area contributed by atoms with Crippen molar-refractivity contribution in [3.63, 3.8) is 0 Å². The maximum atomic E-state index is 6.09. The van der Waals surface area contributed by atoms with Gasteiger partial charge in [-0.1, -0.05) is 44.9 Å². The van der Waals surface area contributed by atoms with Gasteiger partial charge in [-0.15, -0.1) is 0 Å². The zero-order valence-electron chi connectivity index (χ0n) is 12.7. The first-order valence-electron chi connectivity index (χ1n) is 7.47. The molecule has 20 heavy (non-hydrogen) atoms. The summed E-state index contributed by atoms with van der Waals surface area (Å²) < 4.78 is 0. The van der Waals surface area contributed by atoms with Crippen molar-refractivity contribution in [1.82, 2.24) is 4.98 Å². The van der Waals surface area contributed by atoms with E-state index >= 15 is 0 Å². The molecule has 3 heteroatoms. The normalized spacial score (nSPS) is 12.8. The molecular formula is C17H25N3. The van der Waals surface area contributed by atoms with Gasteiger partial charge in [0.1, 0.15) is 0 Å². The highest BCUT2D eigenvalue weighted by atomic mass is 14.9. The fourth-order valence-corrected chi connectivity index (χ4v) is 2.47. The lowest BCUT2D eigenvalue weighted by Gasteiger charge is -2.18. The van der Waals surface area contributed by atoms with Gasteiger partial charge < -0.3 is 11.1 Å². The van der Waals surface area contributed by atoms with Crippen LogP contribution < -0.4 is 11.1 Å². The smallest absolute Gasteiger partial charge is 0.0743 e. The van der Waals surface area contributed by atoms with Crippen molar-refractivity contribution in [2.75, 3.05) is 11.1 Å². The Labute approximate surface area is 121 Å². The van der Waals surface area contributed by atoms with E-state index < -0.39 is 0 Å². The number of nitrogen functional groups attached to an aromatic ring is 1. The van der Waals surface area contributed by atoms with Crippen LogP contribution in [0.25, 0.3) is 10.9 Å². The predicted molar refractivity (Wildman–Crippen MR) is 87.9 cm³/mol. The summed E-state index contributed by atoms with van der Waals surface area (Å²) in [4.78, 5) is 4.37. The van der Waals surface area contributed by atoms with Crippen LogP contribution in [0, 0.1) is 5.92 Å². The highest BCUT2D eigenvalue weighted by Gasteiger charge is 2.09. The number of pyridine rings is 1. The quantitative estimate of drug-likeness (QED) is 0.816. The van der Waals surface area contributed by atoms with E-state index in [2.05, 4.69) is 37.1 Å². The minimum Gasteiger partial charge on any atom is -0.396 e. The molecule has 0 aliphatic carbocycles. The monoisotopic (exact) mass is 271 g/mol. The third-order valence-electron chi connectivity index (χ3n) is 3.61. The molecule has 2 aromatic rings. The average Bonchev–Trinajstić information content (AvgIpc) is 2.41. The second-order valence-electron chi connectivity index (χ2n) is 5.98. The van der Waals surface area contributed by atoms with E-state index in [1.54, 1.807) is 6.20 Å². The summed E-state index contributed by atoms with van der Waals surface area (Å²) in [5.41, 5.74) is 8.81.